The van der Waals surface area contributed by atoms with Crippen LogP contribution in [-0.4, -0.2) is 81.3 Å². The van der Waals surface area contributed by atoms with Crippen LogP contribution in [0.2, 0.25) is 0 Å². The van der Waals surface area contributed by atoms with Crippen molar-refractivity contribution in [2.45, 2.75) is 51.5 Å². The Balaban J connectivity index is 0. The van der Waals surface area contributed by atoms with E-state index < -0.39 is 43.8 Å². The van der Waals surface area contributed by atoms with Gasteiger partial charge in [-0.25, -0.2) is 0 Å². The first-order valence-electron chi connectivity index (χ1n) is 6.97. The van der Waals surface area contributed by atoms with Crippen LogP contribution < -0.4 is 0 Å². The van der Waals surface area contributed by atoms with Crippen molar-refractivity contribution >= 4 is 18.7 Å². The summed E-state index contributed by atoms with van der Waals surface area (Å²) in [6.45, 7) is 5.27. The number of rotatable bonds is 4. The Morgan fingerprint density at radius 3 is 1.62 bits per heavy atom. The molecule has 0 saturated carbocycles. The fourth-order valence-corrected chi connectivity index (χ4v) is 3.33. The average molecular weight is 529 g/mol. The molecule has 1 saturated heterocycles. The molecule has 1 aliphatic heterocycles. The zero-order valence-electron chi connectivity index (χ0n) is 12.6. The molecule has 0 bridgehead atoms. The first-order chi connectivity index (χ1) is 9.26. The van der Waals surface area contributed by atoms with E-state index in [-0.39, 0.29) is 22.4 Å². The minimum atomic E-state index is -1.57. The average Bonchev–Trinajstić information content (AvgIpc) is 2.48. The Labute approximate surface area is 147 Å². The van der Waals surface area contributed by atoms with Gasteiger partial charge in [-0.3, -0.25) is 0 Å². The first kappa shape index (κ1) is 24.5. The van der Waals surface area contributed by atoms with Gasteiger partial charge in [-0.2, -0.15) is 0 Å². The maximum atomic E-state index is 9.12. The molecule has 0 spiro atoms. The zero-order valence-corrected chi connectivity index (χ0v) is 16.7. The molecule has 1 heterocycles. The van der Waals surface area contributed by atoms with Gasteiger partial charge in [-0.05, 0) is 0 Å². The van der Waals surface area contributed by atoms with Crippen LogP contribution >= 0.6 is 18.7 Å². The summed E-state index contributed by atoms with van der Waals surface area (Å²) < 4.78 is 4.58. The zero-order chi connectivity index (χ0) is 15.9. The Bertz CT molecular complexity index is 259. The molecule has 1 aliphatic rings. The van der Waals surface area contributed by atoms with Crippen molar-refractivity contribution in [1.29, 1.82) is 0 Å². The molecule has 5 atom stereocenters. The Hall–Kier alpha value is 1.28. The van der Waals surface area contributed by atoms with Crippen molar-refractivity contribution in [3.8, 4) is 0 Å². The summed E-state index contributed by atoms with van der Waals surface area (Å²) in [6, 6.07) is 0. The van der Waals surface area contributed by atoms with Gasteiger partial charge in [-0.15, -0.1) is 0 Å². The van der Waals surface area contributed by atoms with Crippen LogP contribution in [0.25, 0.3) is 0 Å². The smallest absolute Gasteiger partial charge is 0.184 e. The molecule has 0 aromatic rings. The van der Waals surface area contributed by atoms with Crippen LogP contribution in [0.4, 0.5) is 0 Å². The molecule has 21 heavy (non-hydrogen) atoms. The van der Waals surface area contributed by atoms with Crippen LogP contribution in [0.5, 0.6) is 0 Å². The third-order valence-corrected chi connectivity index (χ3v) is 10.6. The molecule has 6 nitrogen and oxygen atoms in total. The van der Waals surface area contributed by atoms with Gasteiger partial charge in [-0.1, -0.05) is 0 Å². The van der Waals surface area contributed by atoms with Gasteiger partial charge in [0, 0.05) is 22.4 Å². The van der Waals surface area contributed by atoms with Crippen molar-refractivity contribution < 1.29 is 52.6 Å². The van der Waals surface area contributed by atoms with Crippen molar-refractivity contribution in [3.63, 3.8) is 0 Å². The van der Waals surface area contributed by atoms with Gasteiger partial charge in [0.2, 0.25) is 0 Å². The van der Waals surface area contributed by atoms with Crippen molar-refractivity contribution in [2.75, 3.05) is 25.1 Å². The Morgan fingerprint density at radius 1 is 0.905 bits per heavy atom. The maximum Gasteiger partial charge on any atom is 0.184 e. The summed E-state index contributed by atoms with van der Waals surface area (Å²) in [6.07, 6.45) is -3.07. The molecule has 0 aromatic heterocycles. The van der Waals surface area contributed by atoms with Gasteiger partial charge in [0.25, 0.3) is 0 Å². The minimum absolute atomic E-state index is 0. The molecule has 0 aliphatic carbocycles. The quantitative estimate of drug-likeness (QED) is 0.165. The standard InChI is InChI=1S/C6H12O6.C6H17PS.Au/c7-1-2-3(8)4(9)5(10)6(11)12-2;1-4-7(8,5-2)6-3;/h2-11H,1H2;7-8H,4-6H2,1-3H3;/t2-,3-,4+,5-,6+;;/m1../s1. The van der Waals surface area contributed by atoms with E-state index in [1.165, 1.54) is 18.5 Å². The van der Waals surface area contributed by atoms with E-state index in [4.69, 9.17) is 25.5 Å². The van der Waals surface area contributed by atoms with Crippen LogP contribution in [0, 0.1) is 0 Å². The topological polar surface area (TPSA) is 110 Å². The van der Waals surface area contributed by atoms with Crippen LogP contribution in [0.1, 0.15) is 20.8 Å². The number of hydrogen-bond donors (Lipinski definition) is 6. The maximum absolute atomic E-state index is 9.12. The molecule has 1 fully saturated rings. The van der Waals surface area contributed by atoms with Gasteiger partial charge in [0.05, 0.1) is 6.61 Å². The van der Waals surface area contributed by atoms with Crippen molar-refractivity contribution in [3.05, 3.63) is 0 Å². The molecule has 0 unspecified atom stereocenters. The minimum Gasteiger partial charge on any atom is -0.394 e. The number of thiol groups is 1. The summed E-state index contributed by atoms with van der Waals surface area (Å²) in [7, 11) is 0. The molecule has 1 radical (unpaired) electrons. The van der Waals surface area contributed by atoms with Gasteiger partial charge in [0.15, 0.2) is 6.29 Å². The predicted molar refractivity (Wildman–Crippen MR) is 84.9 cm³/mol. The second kappa shape index (κ2) is 11.8. The molecule has 0 amide bonds. The fraction of sp³-hybridized carbons (Fsp3) is 1.00. The fourth-order valence-electron chi connectivity index (χ4n) is 1.83. The molecule has 9 heteroatoms. The van der Waals surface area contributed by atoms with E-state index in [9.17, 15) is 0 Å². The summed E-state index contributed by atoms with van der Waals surface area (Å²) in [4.78, 5) is 0. The number of ether oxygens (including phenoxy) is 1. The molecule has 1 rings (SSSR count). The van der Waals surface area contributed by atoms with Crippen LogP contribution in [0.15, 0.2) is 0 Å². The summed E-state index contributed by atoms with van der Waals surface area (Å²) >= 11 is 4.66. The molecule has 135 valence electrons. The first-order valence-corrected chi connectivity index (χ1v) is 10.9. The summed E-state index contributed by atoms with van der Waals surface area (Å²) in [5.41, 5.74) is 0. The molecular formula is C12H29AuO6PS. The Kier molecular flexibility index (Phi) is 13.7. The summed E-state index contributed by atoms with van der Waals surface area (Å²) in [5, 5.41) is 44.7. The van der Waals surface area contributed by atoms with Crippen LogP contribution in [-0.2, 0) is 27.1 Å². The monoisotopic (exact) mass is 529 g/mol. The van der Waals surface area contributed by atoms with E-state index in [0.29, 0.717) is 0 Å². The van der Waals surface area contributed by atoms with Crippen molar-refractivity contribution in [1.82, 2.24) is 0 Å². The number of hydrogen-bond acceptors (Lipinski definition) is 7. The number of aliphatic hydroxyl groups is 5. The largest absolute Gasteiger partial charge is 0.394 e. The van der Waals surface area contributed by atoms with E-state index in [1.807, 2.05) is 0 Å². The van der Waals surface area contributed by atoms with E-state index >= 15 is 0 Å². The van der Waals surface area contributed by atoms with Gasteiger partial charge < -0.3 is 30.3 Å². The normalized spacial score (nSPS) is 33.5. The molecule has 0 aromatic carbocycles. The molecular weight excluding hydrogens is 500 g/mol. The second-order valence-corrected chi connectivity index (χ2v) is 12.4. The second-order valence-electron chi connectivity index (χ2n) is 5.00. The third-order valence-electron chi connectivity index (χ3n) is 3.84. The van der Waals surface area contributed by atoms with Crippen LogP contribution in [0.3, 0.4) is 0 Å². The van der Waals surface area contributed by atoms with E-state index in [2.05, 4.69) is 37.8 Å². The van der Waals surface area contributed by atoms with Crippen molar-refractivity contribution in [2.24, 2.45) is 0 Å². The van der Waals surface area contributed by atoms with E-state index in [1.54, 1.807) is 0 Å². The van der Waals surface area contributed by atoms with E-state index in [0.717, 1.165) is 0 Å². The predicted octanol–water partition coefficient (Wildman–Crippen LogP) is -0.583. The number of aliphatic hydroxyl groups excluding tert-OH is 5. The van der Waals surface area contributed by atoms with Gasteiger partial charge >= 0.3 is 58.0 Å². The molecule has 5 N–H and O–H groups in total. The Morgan fingerprint density at radius 2 is 1.33 bits per heavy atom. The SMILES string of the molecule is CC[PH](S)(CC)CC.OC[C@H]1O[C@H](O)[C@H](O)[C@@H](O)[C@@H]1O.[Au]. The third kappa shape index (κ3) is 7.59. The summed E-state index contributed by atoms with van der Waals surface area (Å²) in [5.74, 6) is 0. The van der Waals surface area contributed by atoms with Gasteiger partial charge in [0.1, 0.15) is 24.4 Å².